The smallest absolute Gasteiger partial charge is 0.340 e. The molecule has 0 radical (unpaired) electrons. The third-order valence-corrected chi connectivity index (χ3v) is 5.93. The first-order chi connectivity index (χ1) is 14.6. The number of rotatable bonds is 4. The van der Waals surface area contributed by atoms with Crippen LogP contribution in [0.15, 0.2) is 46.5 Å². The van der Waals surface area contributed by atoms with E-state index in [9.17, 15) is 27.6 Å². The van der Waals surface area contributed by atoms with Crippen LogP contribution in [0, 0.1) is 0 Å². The SMILES string of the molecule is CN1C(=O)c2ccc(NC(=O)COC(=O)C3=CN4CCS(=O)(=O)N=C4C=C3)cc2C1=O. The van der Waals surface area contributed by atoms with Crippen LogP contribution in [0.2, 0.25) is 0 Å². The molecular weight excluding hydrogens is 428 g/mol. The van der Waals surface area contributed by atoms with Crippen molar-refractivity contribution in [3.05, 3.63) is 53.3 Å². The lowest BCUT2D eigenvalue weighted by molar-refractivity contribution is -0.143. The van der Waals surface area contributed by atoms with Crippen molar-refractivity contribution in [1.82, 2.24) is 9.80 Å². The number of amides is 3. The van der Waals surface area contributed by atoms with Crippen LogP contribution in [-0.4, -0.2) is 73.7 Å². The number of anilines is 1. The van der Waals surface area contributed by atoms with Crippen LogP contribution in [0.5, 0.6) is 0 Å². The molecule has 0 aromatic heterocycles. The third kappa shape index (κ3) is 3.97. The summed E-state index contributed by atoms with van der Waals surface area (Å²) in [6.07, 6.45) is 4.15. The van der Waals surface area contributed by atoms with Gasteiger partial charge in [0, 0.05) is 25.5 Å². The number of nitrogens with one attached hydrogen (secondary N) is 1. The van der Waals surface area contributed by atoms with Crippen LogP contribution in [-0.2, 0) is 24.3 Å². The van der Waals surface area contributed by atoms with Gasteiger partial charge < -0.3 is 15.0 Å². The summed E-state index contributed by atoms with van der Waals surface area (Å²) in [6, 6.07) is 4.30. The third-order valence-electron chi connectivity index (χ3n) is 4.77. The van der Waals surface area contributed by atoms with Crippen molar-refractivity contribution in [3.8, 4) is 0 Å². The quantitative estimate of drug-likeness (QED) is 0.501. The monoisotopic (exact) mass is 444 g/mol. The van der Waals surface area contributed by atoms with Gasteiger partial charge in [-0.15, -0.1) is 4.40 Å². The number of benzene rings is 1. The van der Waals surface area contributed by atoms with Crippen molar-refractivity contribution in [1.29, 1.82) is 0 Å². The Kier molecular flexibility index (Phi) is 4.93. The lowest BCUT2D eigenvalue weighted by Gasteiger charge is -2.26. The number of ether oxygens (including phenoxy) is 1. The highest BCUT2D eigenvalue weighted by Crippen LogP contribution is 2.24. The molecule has 1 aromatic carbocycles. The van der Waals surface area contributed by atoms with Crippen LogP contribution in [0.25, 0.3) is 0 Å². The van der Waals surface area contributed by atoms with Crippen molar-refractivity contribution < 1.29 is 32.3 Å². The number of imide groups is 1. The van der Waals surface area contributed by atoms with E-state index in [1.165, 1.54) is 48.5 Å². The molecule has 0 spiro atoms. The maximum Gasteiger partial charge on any atom is 0.340 e. The van der Waals surface area contributed by atoms with Gasteiger partial charge in [0.15, 0.2) is 6.61 Å². The van der Waals surface area contributed by atoms with Crippen molar-refractivity contribution in [3.63, 3.8) is 0 Å². The molecule has 0 fully saturated rings. The number of carbonyl (C=O) groups is 4. The first-order valence-electron chi connectivity index (χ1n) is 9.07. The molecule has 3 aliphatic heterocycles. The molecule has 3 amide bonds. The van der Waals surface area contributed by atoms with Crippen LogP contribution in [0.1, 0.15) is 20.7 Å². The Morgan fingerprint density at radius 3 is 2.68 bits per heavy atom. The first kappa shape index (κ1) is 20.5. The number of hydrogen-bond donors (Lipinski definition) is 1. The Hall–Kier alpha value is -3.80. The number of nitrogens with zero attached hydrogens (tertiary/aromatic N) is 3. The van der Waals surface area contributed by atoms with Gasteiger partial charge in [0.05, 0.1) is 22.5 Å². The van der Waals surface area contributed by atoms with Gasteiger partial charge in [-0.3, -0.25) is 19.3 Å². The summed E-state index contributed by atoms with van der Waals surface area (Å²) in [5.74, 6) is -2.25. The van der Waals surface area contributed by atoms with E-state index in [4.69, 9.17) is 4.74 Å². The average Bonchev–Trinajstić information content (AvgIpc) is 2.95. The summed E-state index contributed by atoms with van der Waals surface area (Å²) < 4.78 is 31.6. The van der Waals surface area contributed by atoms with Crippen LogP contribution < -0.4 is 5.32 Å². The van der Waals surface area contributed by atoms with Crippen LogP contribution in [0.4, 0.5) is 5.69 Å². The molecule has 0 atom stereocenters. The topological polar surface area (TPSA) is 143 Å². The number of fused-ring (bicyclic) bond motifs is 2. The zero-order valence-electron chi connectivity index (χ0n) is 16.2. The highest BCUT2D eigenvalue weighted by Gasteiger charge is 2.33. The van der Waals surface area contributed by atoms with Gasteiger partial charge in [0.2, 0.25) is 0 Å². The fourth-order valence-electron chi connectivity index (χ4n) is 3.17. The molecule has 0 unspecified atom stereocenters. The molecule has 0 saturated heterocycles. The van der Waals surface area contributed by atoms with Crippen molar-refractivity contribution in [2.75, 3.05) is 31.3 Å². The molecule has 12 heteroatoms. The Balaban J connectivity index is 1.36. The minimum Gasteiger partial charge on any atom is -0.452 e. The molecule has 1 aromatic rings. The fraction of sp³-hybridized carbons (Fsp3) is 0.211. The largest absolute Gasteiger partial charge is 0.452 e. The second-order valence-corrected chi connectivity index (χ2v) is 8.66. The summed E-state index contributed by atoms with van der Waals surface area (Å²) in [5, 5.41) is 2.50. The van der Waals surface area contributed by atoms with E-state index < -0.39 is 40.3 Å². The van der Waals surface area contributed by atoms with Gasteiger partial charge in [0.1, 0.15) is 5.84 Å². The van der Waals surface area contributed by atoms with Crippen molar-refractivity contribution in [2.24, 2.45) is 4.40 Å². The number of carbonyl (C=O) groups excluding carboxylic acids is 4. The van der Waals surface area contributed by atoms with Gasteiger partial charge >= 0.3 is 5.97 Å². The minimum atomic E-state index is -3.50. The van der Waals surface area contributed by atoms with E-state index >= 15 is 0 Å². The molecule has 31 heavy (non-hydrogen) atoms. The first-order valence-corrected chi connectivity index (χ1v) is 10.7. The predicted octanol–water partition coefficient (Wildman–Crippen LogP) is -0.108. The predicted molar refractivity (Wildman–Crippen MR) is 108 cm³/mol. The Labute approximate surface area is 176 Å². The van der Waals surface area contributed by atoms with Crippen LogP contribution in [0.3, 0.4) is 0 Å². The maximum absolute atomic E-state index is 12.2. The summed E-state index contributed by atoms with van der Waals surface area (Å²) >= 11 is 0. The minimum absolute atomic E-state index is 0.135. The molecule has 11 nitrogen and oxygen atoms in total. The highest BCUT2D eigenvalue weighted by molar-refractivity contribution is 7.90. The maximum atomic E-state index is 12.2. The van der Waals surface area contributed by atoms with Crippen molar-refractivity contribution >= 4 is 45.2 Å². The molecule has 0 aliphatic carbocycles. The number of esters is 1. The van der Waals surface area contributed by atoms with E-state index in [-0.39, 0.29) is 40.5 Å². The molecular formula is C19H16N4O7S. The summed E-state index contributed by atoms with van der Waals surface area (Å²) in [4.78, 5) is 50.8. The lowest BCUT2D eigenvalue weighted by atomic mass is 10.1. The molecule has 0 saturated carbocycles. The molecule has 3 aliphatic rings. The zero-order valence-corrected chi connectivity index (χ0v) is 17.0. The van der Waals surface area contributed by atoms with E-state index in [1.807, 2.05) is 0 Å². The summed E-state index contributed by atoms with van der Waals surface area (Å²) in [7, 11) is -2.13. The van der Waals surface area contributed by atoms with Gasteiger partial charge in [0.25, 0.3) is 27.7 Å². The van der Waals surface area contributed by atoms with Gasteiger partial charge in [-0.2, -0.15) is 0 Å². The van der Waals surface area contributed by atoms with E-state index in [0.29, 0.717) is 0 Å². The Morgan fingerprint density at radius 2 is 1.90 bits per heavy atom. The van der Waals surface area contributed by atoms with E-state index in [0.717, 1.165) is 4.90 Å². The molecule has 1 N–H and O–H groups in total. The Morgan fingerprint density at radius 1 is 1.16 bits per heavy atom. The van der Waals surface area contributed by atoms with E-state index in [2.05, 4.69) is 9.71 Å². The molecule has 160 valence electrons. The number of sulfonamides is 1. The Bertz CT molecular complexity index is 1230. The average molecular weight is 444 g/mol. The number of hydrogen-bond acceptors (Lipinski definition) is 8. The van der Waals surface area contributed by atoms with Gasteiger partial charge in [-0.25, -0.2) is 13.2 Å². The molecule has 3 heterocycles. The van der Waals surface area contributed by atoms with Gasteiger partial charge in [-0.1, -0.05) is 0 Å². The fourth-order valence-corrected chi connectivity index (χ4v) is 4.14. The molecule has 0 bridgehead atoms. The zero-order chi connectivity index (χ0) is 22.3. The van der Waals surface area contributed by atoms with Crippen LogP contribution >= 0.6 is 0 Å². The van der Waals surface area contributed by atoms with E-state index in [1.54, 1.807) is 0 Å². The number of amidine groups is 1. The van der Waals surface area contributed by atoms with Crippen molar-refractivity contribution in [2.45, 2.75) is 0 Å². The normalized spacial score (nSPS) is 18.7. The van der Waals surface area contributed by atoms with Gasteiger partial charge in [-0.05, 0) is 30.4 Å². The second kappa shape index (κ2) is 7.47. The standard InChI is InChI=1S/C19H16N4O7S/c1-22-17(25)13-4-3-12(8-14(13)18(22)26)20-16(24)10-30-19(27)11-2-5-15-21-31(28,29)7-6-23(15)9-11/h2-5,8-9H,6-7,10H2,1H3,(H,20,24). The summed E-state index contributed by atoms with van der Waals surface area (Å²) in [6.45, 7) is -0.430. The second-order valence-electron chi connectivity index (χ2n) is 6.90. The lowest BCUT2D eigenvalue weighted by Crippen LogP contribution is -2.37. The summed E-state index contributed by atoms with van der Waals surface area (Å²) in [5.41, 5.74) is 0.848. The highest BCUT2D eigenvalue weighted by atomic mass is 32.2. The molecule has 4 rings (SSSR count).